The van der Waals surface area contributed by atoms with E-state index < -0.39 is 0 Å². The van der Waals surface area contributed by atoms with Crippen LogP contribution in [0, 0.1) is 0 Å². The lowest BCUT2D eigenvalue weighted by Crippen LogP contribution is -2.13. The van der Waals surface area contributed by atoms with E-state index >= 15 is 0 Å². The maximum atomic E-state index is 5.56. The molecular weight excluding hydrogens is 190 g/mol. The van der Waals surface area contributed by atoms with E-state index in [2.05, 4.69) is 18.8 Å². The largest absolute Gasteiger partial charge is 0.491 e. The Bertz CT molecular complexity index is 304. The number of hydrogen-bond acceptors (Lipinski definition) is 3. The summed E-state index contributed by atoms with van der Waals surface area (Å²) >= 11 is 0. The van der Waals surface area contributed by atoms with Gasteiger partial charge in [-0.25, -0.2) is 0 Å². The molecule has 0 aliphatic carbocycles. The molecule has 0 fully saturated rings. The first-order chi connectivity index (χ1) is 7.27. The molecule has 0 aliphatic heterocycles. The highest BCUT2D eigenvalue weighted by Crippen LogP contribution is 2.17. The number of ether oxygens (including phenoxy) is 1. The van der Waals surface area contributed by atoms with Crippen molar-refractivity contribution in [2.45, 2.75) is 26.8 Å². The highest BCUT2D eigenvalue weighted by molar-refractivity contribution is 5.51. The van der Waals surface area contributed by atoms with Gasteiger partial charge in [0.05, 0.1) is 13.2 Å². The second-order valence-electron chi connectivity index (χ2n) is 3.30. The first-order valence-electron chi connectivity index (χ1n) is 5.39. The van der Waals surface area contributed by atoms with Gasteiger partial charge in [-0.05, 0) is 32.0 Å². The molecule has 0 radical (unpaired) electrons. The molecule has 0 aromatic carbocycles. The summed E-state index contributed by atoms with van der Waals surface area (Å²) in [4.78, 5) is 0. The van der Waals surface area contributed by atoms with Crippen LogP contribution in [0.15, 0.2) is 23.1 Å². The van der Waals surface area contributed by atoms with E-state index in [9.17, 15) is 0 Å². The Labute approximate surface area is 91.1 Å². The maximum absolute atomic E-state index is 5.56. The van der Waals surface area contributed by atoms with Gasteiger partial charge in [-0.2, -0.15) is 0 Å². The topological polar surface area (TPSA) is 34.4 Å². The highest BCUT2D eigenvalue weighted by atomic mass is 16.5. The lowest BCUT2D eigenvalue weighted by atomic mass is 10.4. The number of rotatable bonds is 7. The van der Waals surface area contributed by atoms with Crippen molar-refractivity contribution >= 4 is 5.76 Å². The zero-order chi connectivity index (χ0) is 11.1. The SMILES string of the molecule is C=C(OCC)c1ccc(CNCCC)o1. The van der Waals surface area contributed by atoms with E-state index in [0.717, 1.165) is 25.3 Å². The Kier molecular flexibility index (Phi) is 4.98. The van der Waals surface area contributed by atoms with Crippen molar-refractivity contribution in [2.75, 3.05) is 13.2 Å². The van der Waals surface area contributed by atoms with Gasteiger partial charge in [-0.3, -0.25) is 0 Å². The summed E-state index contributed by atoms with van der Waals surface area (Å²) < 4.78 is 10.8. The summed E-state index contributed by atoms with van der Waals surface area (Å²) in [7, 11) is 0. The predicted molar refractivity (Wildman–Crippen MR) is 61.4 cm³/mol. The van der Waals surface area contributed by atoms with Gasteiger partial charge in [0.25, 0.3) is 0 Å². The van der Waals surface area contributed by atoms with Gasteiger partial charge in [0, 0.05) is 0 Å². The zero-order valence-electron chi connectivity index (χ0n) is 9.51. The van der Waals surface area contributed by atoms with Gasteiger partial charge in [-0.1, -0.05) is 13.5 Å². The number of nitrogens with one attached hydrogen (secondary N) is 1. The van der Waals surface area contributed by atoms with Crippen molar-refractivity contribution in [3.05, 3.63) is 30.2 Å². The minimum absolute atomic E-state index is 0.597. The van der Waals surface area contributed by atoms with Crippen LogP contribution >= 0.6 is 0 Å². The van der Waals surface area contributed by atoms with E-state index in [1.807, 2.05) is 19.1 Å². The monoisotopic (exact) mass is 209 g/mol. The predicted octanol–water partition coefficient (Wildman–Crippen LogP) is 2.79. The van der Waals surface area contributed by atoms with Crippen LogP contribution in [0.5, 0.6) is 0 Å². The fraction of sp³-hybridized carbons (Fsp3) is 0.500. The summed E-state index contributed by atoms with van der Waals surface area (Å²) in [5.74, 6) is 2.23. The Morgan fingerprint density at radius 1 is 1.47 bits per heavy atom. The summed E-state index contributed by atoms with van der Waals surface area (Å²) in [6.07, 6.45) is 1.12. The van der Waals surface area contributed by atoms with Crippen molar-refractivity contribution in [3.63, 3.8) is 0 Å². The molecular formula is C12H19NO2. The van der Waals surface area contributed by atoms with E-state index in [1.165, 1.54) is 0 Å². The van der Waals surface area contributed by atoms with Crippen LogP contribution in [0.25, 0.3) is 5.76 Å². The quantitative estimate of drug-likeness (QED) is 0.554. The molecule has 1 heterocycles. The Hall–Kier alpha value is -1.22. The molecule has 0 saturated carbocycles. The molecule has 15 heavy (non-hydrogen) atoms. The van der Waals surface area contributed by atoms with E-state index in [1.54, 1.807) is 0 Å². The van der Waals surface area contributed by atoms with Crippen LogP contribution in [0.2, 0.25) is 0 Å². The van der Waals surface area contributed by atoms with Crippen LogP contribution in [0.3, 0.4) is 0 Å². The molecule has 0 atom stereocenters. The molecule has 0 spiro atoms. The third kappa shape index (κ3) is 3.80. The summed E-state index contributed by atoms with van der Waals surface area (Å²) in [6.45, 7) is 10.2. The van der Waals surface area contributed by atoms with Gasteiger partial charge in [0.1, 0.15) is 5.76 Å². The van der Waals surface area contributed by atoms with Gasteiger partial charge >= 0.3 is 0 Å². The van der Waals surface area contributed by atoms with Gasteiger partial charge in [-0.15, -0.1) is 0 Å². The number of hydrogen-bond donors (Lipinski definition) is 1. The molecule has 3 heteroatoms. The van der Waals surface area contributed by atoms with E-state index in [4.69, 9.17) is 9.15 Å². The van der Waals surface area contributed by atoms with Crippen molar-refractivity contribution < 1.29 is 9.15 Å². The average molecular weight is 209 g/mol. The third-order valence-corrected chi connectivity index (χ3v) is 1.98. The molecule has 0 saturated heterocycles. The fourth-order valence-corrected chi connectivity index (χ4v) is 1.26. The van der Waals surface area contributed by atoms with E-state index in [-0.39, 0.29) is 0 Å². The molecule has 0 bridgehead atoms. The van der Waals surface area contributed by atoms with Gasteiger partial charge < -0.3 is 14.5 Å². The lowest BCUT2D eigenvalue weighted by molar-refractivity contribution is 0.286. The molecule has 3 nitrogen and oxygen atoms in total. The summed E-state index contributed by atoms with van der Waals surface area (Å²) in [6, 6.07) is 3.84. The van der Waals surface area contributed by atoms with Crippen molar-refractivity contribution in [3.8, 4) is 0 Å². The minimum Gasteiger partial charge on any atom is -0.491 e. The molecule has 0 amide bonds. The van der Waals surface area contributed by atoms with Gasteiger partial charge in [0.2, 0.25) is 0 Å². The van der Waals surface area contributed by atoms with Crippen LogP contribution in [0.1, 0.15) is 31.8 Å². The van der Waals surface area contributed by atoms with Crippen LogP contribution in [-0.4, -0.2) is 13.2 Å². The smallest absolute Gasteiger partial charge is 0.168 e. The van der Waals surface area contributed by atoms with Crippen LogP contribution < -0.4 is 5.32 Å². The van der Waals surface area contributed by atoms with E-state index in [0.29, 0.717) is 18.1 Å². The first-order valence-corrected chi connectivity index (χ1v) is 5.39. The van der Waals surface area contributed by atoms with Crippen LogP contribution in [-0.2, 0) is 11.3 Å². The highest BCUT2D eigenvalue weighted by Gasteiger charge is 2.05. The van der Waals surface area contributed by atoms with Crippen molar-refractivity contribution in [2.24, 2.45) is 0 Å². The van der Waals surface area contributed by atoms with Crippen LogP contribution in [0.4, 0.5) is 0 Å². The first kappa shape index (κ1) is 11.9. The van der Waals surface area contributed by atoms with Gasteiger partial charge in [0.15, 0.2) is 11.5 Å². The molecule has 1 aromatic heterocycles. The standard InChI is InChI=1S/C12H19NO2/c1-4-8-13-9-11-6-7-12(15-11)10(3)14-5-2/h6-7,13H,3-5,8-9H2,1-2H3. The normalized spacial score (nSPS) is 10.3. The Morgan fingerprint density at radius 3 is 2.93 bits per heavy atom. The number of furan rings is 1. The zero-order valence-corrected chi connectivity index (χ0v) is 9.51. The molecule has 1 rings (SSSR count). The fourth-order valence-electron chi connectivity index (χ4n) is 1.26. The molecule has 0 aliphatic rings. The molecule has 84 valence electrons. The molecule has 0 unspecified atom stereocenters. The molecule has 1 aromatic rings. The summed E-state index contributed by atoms with van der Waals surface area (Å²) in [5.41, 5.74) is 0. The lowest BCUT2D eigenvalue weighted by Gasteiger charge is -2.03. The molecule has 1 N–H and O–H groups in total. The van der Waals surface area contributed by atoms with Crippen molar-refractivity contribution in [1.82, 2.24) is 5.32 Å². The Balaban J connectivity index is 2.45. The second kappa shape index (κ2) is 6.30. The minimum atomic E-state index is 0.597. The summed E-state index contributed by atoms with van der Waals surface area (Å²) in [5, 5.41) is 3.27. The second-order valence-corrected chi connectivity index (χ2v) is 3.30. The maximum Gasteiger partial charge on any atom is 0.168 e. The third-order valence-electron chi connectivity index (χ3n) is 1.98. The Morgan fingerprint density at radius 2 is 2.27 bits per heavy atom. The van der Waals surface area contributed by atoms with Crippen molar-refractivity contribution in [1.29, 1.82) is 0 Å². The average Bonchev–Trinajstić information content (AvgIpc) is 2.67.